The Balaban J connectivity index is 1.32. The van der Waals surface area contributed by atoms with Crippen molar-refractivity contribution in [3.8, 4) is 11.4 Å². The lowest BCUT2D eigenvalue weighted by Crippen LogP contribution is -2.46. The summed E-state index contributed by atoms with van der Waals surface area (Å²) in [6.45, 7) is 5.93. The molecule has 0 aliphatic carbocycles. The van der Waals surface area contributed by atoms with Crippen molar-refractivity contribution >= 4 is 50.9 Å². The maximum Gasteiger partial charge on any atom is 0.246 e. The van der Waals surface area contributed by atoms with Gasteiger partial charge in [-0.3, -0.25) is 4.79 Å². The number of benzene rings is 1. The number of H-pyrrole nitrogens is 1. The van der Waals surface area contributed by atoms with Crippen molar-refractivity contribution in [2.45, 2.75) is 0 Å². The molecule has 2 fully saturated rings. The van der Waals surface area contributed by atoms with Gasteiger partial charge >= 0.3 is 0 Å². The number of rotatable bonds is 4. The molecule has 10 heteroatoms. The summed E-state index contributed by atoms with van der Waals surface area (Å²) >= 11 is 0. The molecule has 10 nitrogen and oxygen atoms in total. The van der Waals surface area contributed by atoms with Gasteiger partial charge in [-0.05, 0) is 36.9 Å². The molecule has 5 aromatic rings. The highest BCUT2D eigenvalue weighted by Crippen LogP contribution is 2.36. The van der Waals surface area contributed by atoms with Crippen molar-refractivity contribution in [1.29, 1.82) is 0 Å². The molecule has 6 heterocycles. The number of hydrogen-bond acceptors (Lipinski definition) is 8. The van der Waals surface area contributed by atoms with Gasteiger partial charge in [0.1, 0.15) is 5.52 Å². The number of aromatic amines is 1. The molecule has 198 valence electrons. The first kappa shape index (κ1) is 23.8. The maximum atomic E-state index is 12.8. The summed E-state index contributed by atoms with van der Waals surface area (Å²) < 4.78 is 11.8. The lowest BCUT2D eigenvalue weighted by atomic mass is 10.1. The van der Waals surface area contributed by atoms with Crippen LogP contribution in [0, 0.1) is 0 Å². The van der Waals surface area contributed by atoms with Crippen LogP contribution in [0.15, 0.2) is 53.2 Å². The van der Waals surface area contributed by atoms with E-state index in [-0.39, 0.29) is 5.91 Å². The minimum Gasteiger partial charge on any atom is -0.432 e. The van der Waals surface area contributed by atoms with Crippen LogP contribution in [-0.4, -0.2) is 95.2 Å². The average Bonchev–Trinajstić information content (AvgIpc) is 3.61. The fraction of sp³-hybridized carbons (Fsp3) is 0.310. The van der Waals surface area contributed by atoms with E-state index in [1.54, 1.807) is 12.3 Å². The van der Waals surface area contributed by atoms with Gasteiger partial charge in [0.2, 0.25) is 11.6 Å². The molecule has 1 N–H and O–H groups in total. The number of pyridine rings is 1. The van der Waals surface area contributed by atoms with Gasteiger partial charge in [0, 0.05) is 74.2 Å². The number of carbonyl (C=O) groups excluding carboxylic acids is 1. The van der Waals surface area contributed by atoms with E-state index in [1.807, 2.05) is 47.5 Å². The van der Waals surface area contributed by atoms with E-state index in [0.29, 0.717) is 48.9 Å². The van der Waals surface area contributed by atoms with Crippen LogP contribution in [0.3, 0.4) is 0 Å². The number of anilines is 1. The van der Waals surface area contributed by atoms with Gasteiger partial charge in [-0.2, -0.15) is 0 Å². The average molecular weight is 524 g/mol. The Morgan fingerprint density at radius 2 is 1.87 bits per heavy atom. The molecule has 0 radical (unpaired) electrons. The van der Waals surface area contributed by atoms with Crippen molar-refractivity contribution in [3.63, 3.8) is 0 Å². The predicted octanol–water partition coefficient (Wildman–Crippen LogP) is 3.54. The molecule has 0 unspecified atom stereocenters. The Kier molecular flexibility index (Phi) is 5.98. The first-order valence-corrected chi connectivity index (χ1v) is 13.3. The normalized spacial score (nSPS) is 17.3. The van der Waals surface area contributed by atoms with Crippen LogP contribution in [0.25, 0.3) is 50.6 Å². The van der Waals surface area contributed by atoms with Crippen LogP contribution in [0.1, 0.15) is 5.56 Å². The van der Waals surface area contributed by atoms with Gasteiger partial charge in [-0.15, -0.1) is 0 Å². The smallest absolute Gasteiger partial charge is 0.246 e. The Labute approximate surface area is 224 Å². The van der Waals surface area contributed by atoms with Crippen molar-refractivity contribution in [1.82, 2.24) is 29.7 Å². The minimum absolute atomic E-state index is 0.0130. The van der Waals surface area contributed by atoms with Crippen molar-refractivity contribution in [3.05, 3.63) is 54.4 Å². The van der Waals surface area contributed by atoms with Crippen LogP contribution in [0.4, 0.5) is 5.82 Å². The maximum absolute atomic E-state index is 12.8. The number of nitrogens with one attached hydrogen (secondary N) is 1. The number of hydrogen-bond donors (Lipinski definition) is 1. The van der Waals surface area contributed by atoms with Crippen molar-refractivity contribution in [2.24, 2.45) is 0 Å². The molecule has 1 aromatic carbocycles. The van der Waals surface area contributed by atoms with E-state index in [9.17, 15) is 4.79 Å². The monoisotopic (exact) mass is 523 g/mol. The molecule has 0 saturated carbocycles. The second kappa shape index (κ2) is 9.79. The molecule has 2 aliphatic rings. The highest BCUT2D eigenvalue weighted by atomic mass is 16.5. The molecule has 2 aliphatic heterocycles. The Bertz CT molecular complexity index is 1710. The summed E-state index contributed by atoms with van der Waals surface area (Å²) in [6.07, 6.45) is 7.09. The van der Waals surface area contributed by atoms with E-state index in [1.165, 1.54) is 0 Å². The fourth-order valence-electron chi connectivity index (χ4n) is 5.31. The topological polar surface area (TPSA) is 104 Å². The minimum atomic E-state index is 0.0130. The summed E-state index contributed by atoms with van der Waals surface area (Å²) in [4.78, 5) is 36.9. The highest BCUT2D eigenvalue weighted by Gasteiger charge is 2.24. The summed E-state index contributed by atoms with van der Waals surface area (Å²) in [5, 5.41) is 1.85. The third-order valence-corrected chi connectivity index (χ3v) is 7.55. The predicted molar refractivity (Wildman–Crippen MR) is 151 cm³/mol. The largest absolute Gasteiger partial charge is 0.432 e. The summed E-state index contributed by atoms with van der Waals surface area (Å²) in [7, 11) is 2.08. The van der Waals surface area contributed by atoms with Crippen molar-refractivity contribution < 1.29 is 13.9 Å². The molecule has 4 aromatic heterocycles. The number of morpholine rings is 1. The Hall–Kier alpha value is -4.28. The van der Waals surface area contributed by atoms with Crippen molar-refractivity contribution in [2.75, 3.05) is 64.4 Å². The van der Waals surface area contributed by atoms with Gasteiger partial charge in [-0.25, -0.2) is 15.0 Å². The number of amides is 1. The van der Waals surface area contributed by atoms with Gasteiger partial charge in [-0.1, -0.05) is 12.1 Å². The van der Waals surface area contributed by atoms with Crippen LogP contribution < -0.4 is 4.90 Å². The number of aromatic nitrogens is 4. The van der Waals surface area contributed by atoms with Crippen LogP contribution in [0.2, 0.25) is 0 Å². The van der Waals surface area contributed by atoms with Gasteiger partial charge < -0.3 is 28.8 Å². The van der Waals surface area contributed by atoms with Crippen LogP contribution in [0.5, 0.6) is 0 Å². The number of fused-ring (bicyclic) bond motifs is 4. The standard InChI is InChI=1S/C29H29N7O3/c1-34-9-11-35(12-10-34)24(37)6-5-19-17-22-25-26(39-29(22)31-18-19)28(36-13-15-38-16-14-36)33-27(32-25)21-3-2-4-23-20(21)7-8-30-23/h2-8,17-18,30H,9-16H2,1H3. The van der Waals surface area contributed by atoms with E-state index < -0.39 is 0 Å². The number of furan rings is 1. The zero-order valence-corrected chi connectivity index (χ0v) is 21.8. The number of likely N-dealkylation sites (N-methyl/N-ethyl adjacent to an activating group) is 1. The number of piperazine rings is 1. The zero-order chi connectivity index (χ0) is 26.3. The SMILES string of the molecule is CN1CCN(C(=O)C=Cc2cnc3oc4c(N5CCOCC5)nc(-c5cccc6[nH]ccc56)nc4c3c2)CC1. The third-order valence-electron chi connectivity index (χ3n) is 7.55. The van der Waals surface area contributed by atoms with E-state index in [0.717, 1.165) is 59.4 Å². The van der Waals surface area contributed by atoms with Gasteiger partial charge in [0.05, 0.1) is 18.6 Å². The van der Waals surface area contributed by atoms with Gasteiger partial charge in [0.15, 0.2) is 17.2 Å². The second-order valence-electron chi connectivity index (χ2n) is 10.1. The number of nitrogens with zero attached hydrogens (tertiary/aromatic N) is 6. The van der Waals surface area contributed by atoms with Crippen LogP contribution >= 0.6 is 0 Å². The summed E-state index contributed by atoms with van der Waals surface area (Å²) in [5.41, 5.74) is 4.60. The number of ether oxygens (including phenoxy) is 1. The van der Waals surface area contributed by atoms with E-state index in [4.69, 9.17) is 19.1 Å². The lowest BCUT2D eigenvalue weighted by molar-refractivity contribution is -0.127. The molecule has 39 heavy (non-hydrogen) atoms. The van der Waals surface area contributed by atoms with E-state index in [2.05, 4.69) is 26.8 Å². The number of carbonyl (C=O) groups is 1. The molecular formula is C29H29N7O3. The van der Waals surface area contributed by atoms with Gasteiger partial charge in [0.25, 0.3) is 0 Å². The third kappa shape index (κ3) is 4.41. The lowest BCUT2D eigenvalue weighted by Gasteiger charge is -2.31. The highest BCUT2D eigenvalue weighted by molar-refractivity contribution is 6.06. The quantitative estimate of drug-likeness (QED) is 0.357. The first-order chi connectivity index (χ1) is 19.1. The molecule has 1 amide bonds. The Morgan fingerprint density at radius 3 is 2.72 bits per heavy atom. The fourth-order valence-corrected chi connectivity index (χ4v) is 5.31. The molecule has 2 saturated heterocycles. The zero-order valence-electron chi connectivity index (χ0n) is 21.8. The molecular weight excluding hydrogens is 494 g/mol. The van der Waals surface area contributed by atoms with Crippen LogP contribution in [-0.2, 0) is 9.53 Å². The molecule has 0 bridgehead atoms. The summed E-state index contributed by atoms with van der Waals surface area (Å²) in [6, 6.07) is 10.1. The second-order valence-corrected chi connectivity index (χ2v) is 10.1. The first-order valence-electron chi connectivity index (χ1n) is 13.3. The Morgan fingerprint density at radius 1 is 1.03 bits per heavy atom. The molecule has 7 rings (SSSR count). The van der Waals surface area contributed by atoms with E-state index >= 15 is 0 Å². The summed E-state index contributed by atoms with van der Waals surface area (Å²) in [5.74, 6) is 1.38. The molecule has 0 atom stereocenters. The molecule has 0 spiro atoms.